The number of benzene rings is 1. The Morgan fingerprint density at radius 2 is 2.12 bits per heavy atom. The van der Waals surface area contributed by atoms with Crippen molar-refractivity contribution < 1.29 is 14.3 Å². The lowest BCUT2D eigenvalue weighted by atomic mass is 9.82. The molecule has 1 aliphatic rings. The van der Waals surface area contributed by atoms with Gasteiger partial charge < -0.3 is 4.74 Å². The van der Waals surface area contributed by atoms with Crippen LogP contribution in [0.3, 0.4) is 0 Å². The van der Waals surface area contributed by atoms with E-state index in [2.05, 4.69) is 4.74 Å². The third-order valence-electron chi connectivity index (χ3n) is 2.87. The molecule has 0 saturated carbocycles. The molecule has 1 atom stereocenters. The van der Waals surface area contributed by atoms with Gasteiger partial charge in [0.15, 0.2) is 5.78 Å². The summed E-state index contributed by atoms with van der Waals surface area (Å²) in [7, 11) is 1.24. The zero-order chi connectivity index (χ0) is 11.8. The molecular weight excluding hydrogens is 228 g/mol. The van der Waals surface area contributed by atoms with Crippen molar-refractivity contribution in [3.05, 3.63) is 35.4 Å². The van der Waals surface area contributed by atoms with Gasteiger partial charge in [0.2, 0.25) is 4.87 Å². The highest BCUT2D eigenvalue weighted by Crippen LogP contribution is 2.34. The van der Waals surface area contributed by atoms with E-state index in [4.69, 9.17) is 11.6 Å². The monoisotopic (exact) mass is 238 g/mol. The van der Waals surface area contributed by atoms with Gasteiger partial charge in [0.1, 0.15) is 0 Å². The molecule has 0 N–H and O–H groups in total. The van der Waals surface area contributed by atoms with Crippen LogP contribution in [0.4, 0.5) is 0 Å². The first-order valence-electron chi connectivity index (χ1n) is 4.99. The first kappa shape index (κ1) is 11.1. The number of hydrogen-bond donors (Lipinski definition) is 0. The molecule has 3 nitrogen and oxygen atoms in total. The molecule has 0 amide bonds. The predicted octanol–water partition coefficient (Wildman–Crippen LogP) is 1.97. The fourth-order valence-electron chi connectivity index (χ4n) is 1.95. The van der Waals surface area contributed by atoms with Crippen molar-refractivity contribution in [1.82, 2.24) is 0 Å². The normalized spacial score (nSPS) is 23.8. The van der Waals surface area contributed by atoms with Gasteiger partial charge in [-0.2, -0.15) is 0 Å². The molecule has 0 bridgehead atoms. The quantitative estimate of drug-likeness (QED) is 0.427. The minimum atomic E-state index is -1.54. The zero-order valence-corrected chi connectivity index (χ0v) is 9.58. The van der Waals surface area contributed by atoms with Crippen molar-refractivity contribution in [1.29, 1.82) is 0 Å². The summed E-state index contributed by atoms with van der Waals surface area (Å²) in [6.07, 6.45) is 0.900. The highest BCUT2D eigenvalue weighted by molar-refractivity contribution is 6.48. The second-order valence-electron chi connectivity index (χ2n) is 3.78. The van der Waals surface area contributed by atoms with Crippen LogP contribution < -0.4 is 0 Å². The van der Waals surface area contributed by atoms with Crippen LogP contribution in [0, 0.1) is 0 Å². The topological polar surface area (TPSA) is 43.4 Å². The lowest BCUT2D eigenvalue weighted by molar-refractivity contribution is -0.142. The van der Waals surface area contributed by atoms with Gasteiger partial charge in [-0.3, -0.25) is 4.79 Å². The first-order chi connectivity index (χ1) is 7.59. The third kappa shape index (κ3) is 1.52. The van der Waals surface area contributed by atoms with Gasteiger partial charge in [0, 0.05) is 5.56 Å². The summed E-state index contributed by atoms with van der Waals surface area (Å²) in [6.45, 7) is 0. The molecule has 1 aliphatic carbocycles. The maximum absolute atomic E-state index is 12.1. The number of Topliss-reactive ketones (excluding diaryl/α,β-unsaturated/α-hetero) is 1. The van der Waals surface area contributed by atoms with E-state index in [1.807, 2.05) is 12.1 Å². The maximum Gasteiger partial charge on any atom is 0.335 e. The summed E-state index contributed by atoms with van der Waals surface area (Å²) in [5.41, 5.74) is 1.46. The van der Waals surface area contributed by atoms with Crippen molar-refractivity contribution in [2.75, 3.05) is 7.11 Å². The maximum atomic E-state index is 12.1. The molecule has 1 aromatic carbocycles. The van der Waals surface area contributed by atoms with E-state index in [9.17, 15) is 9.59 Å². The summed E-state index contributed by atoms with van der Waals surface area (Å²) < 4.78 is 4.59. The molecule has 0 aromatic heterocycles. The fraction of sp³-hybridized carbons (Fsp3) is 0.333. The van der Waals surface area contributed by atoms with Gasteiger partial charge in [-0.25, -0.2) is 4.79 Å². The Kier molecular flexibility index (Phi) is 2.72. The predicted molar refractivity (Wildman–Crippen MR) is 59.7 cm³/mol. The summed E-state index contributed by atoms with van der Waals surface area (Å²) in [5, 5.41) is 0. The summed E-state index contributed by atoms with van der Waals surface area (Å²) in [5.74, 6) is -1.03. The number of ketones is 1. The molecule has 0 radical (unpaired) electrons. The Morgan fingerprint density at radius 3 is 2.81 bits per heavy atom. The van der Waals surface area contributed by atoms with Crippen LogP contribution in [0.2, 0.25) is 0 Å². The summed E-state index contributed by atoms with van der Waals surface area (Å²) >= 11 is 6.08. The number of alkyl halides is 1. The number of hydrogen-bond acceptors (Lipinski definition) is 3. The molecule has 0 fully saturated rings. The van der Waals surface area contributed by atoms with Gasteiger partial charge >= 0.3 is 5.97 Å². The number of ether oxygens (including phenoxy) is 1. The van der Waals surface area contributed by atoms with E-state index in [0.717, 1.165) is 5.56 Å². The van der Waals surface area contributed by atoms with Crippen LogP contribution in [-0.4, -0.2) is 23.7 Å². The second kappa shape index (κ2) is 3.91. The SMILES string of the molecule is COC(=O)[C@@]1(Cl)CCc2ccccc2C1=O. The molecule has 4 heteroatoms. The van der Waals surface area contributed by atoms with Gasteiger partial charge in [-0.1, -0.05) is 35.9 Å². The van der Waals surface area contributed by atoms with E-state index in [0.29, 0.717) is 12.0 Å². The van der Waals surface area contributed by atoms with Crippen molar-refractivity contribution in [2.45, 2.75) is 17.7 Å². The zero-order valence-electron chi connectivity index (χ0n) is 8.83. The molecule has 0 unspecified atom stereocenters. The Bertz CT molecular complexity index is 455. The van der Waals surface area contributed by atoms with Crippen LogP contribution >= 0.6 is 11.6 Å². The molecule has 0 aliphatic heterocycles. The number of aryl methyl sites for hydroxylation is 1. The summed E-state index contributed by atoms with van der Waals surface area (Å²) in [4.78, 5) is 22.1. The number of halogens is 1. The van der Waals surface area contributed by atoms with Crippen molar-refractivity contribution in [2.24, 2.45) is 0 Å². The van der Waals surface area contributed by atoms with Crippen molar-refractivity contribution in [3.8, 4) is 0 Å². The van der Waals surface area contributed by atoms with Crippen LogP contribution in [0.25, 0.3) is 0 Å². The average Bonchev–Trinajstić information content (AvgIpc) is 2.33. The molecule has 16 heavy (non-hydrogen) atoms. The molecule has 0 saturated heterocycles. The van der Waals surface area contributed by atoms with Gasteiger partial charge in [-0.15, -0.1) is 0 Å². The van der Waals surface area contributed by atoms with Crippen molar-refractivity contribution >= 4 is 23.4 Å². The Balaban J connectivity index is 2.45. The van der Waals surface area contributed by atoms with Crippen LogP contribution in [-0.2, 0) is 16.0 Å². The number of carbonyl (C=O) groups excluding carboxylic acids is 2. The Labute approximate surface area is 98.4 Å². The van der Waals surface area contributed by atoms with E-state index in [1.54, 1.807) is 12.1 Å². The van der Waals surface area contributed by atoms with E-state index in [-0.39, 0.29) is 12.2 Å². The molecule has 84 valence electrons. The molecule has 0 heterocycles. The van der Waals surface area contributed by atoms with Crippen LogP contribution in [0.15, 0.2) is 24.3 Å². The molecule has 1 aromatic rings. The lowest BCUT2D eigenvalue weighted by Crippen LogP contribution is -2.45. The Morgan fingerprint density at radius 1 is 1.44 bits per heavy atom. The second-order valence-corrected chi connectivity index (χ2v) is 4.42. The lowest BCUT2D eigenvalue weighted by Gasteiger charge is -2.28. The summed E-state index contributed by atoms with van der Waals surface area (Å²) in [6, 6.07) is 7.19. The fourth-order valence-corrected chi connectivity index (χ4v) is 2.22. The van der Waals surface area contributed by atoms with Crippen LogP contribution in [0.5, 0.6) is 0 Å². The van der Waals surface area contributed by atoms with Gasteiger partial charge in [0.05, 0.1) is 7.11 Å². The molecule has 2 rings (SSSR count). The van der Waals surface area contributed by atoms with E-state index in [1.165, 1.54) is 7.11 Å². The average molecular weight is 239 g/mol. The van der Waals surface area contributed by atoms with E-state index >= 15 is 0 Å². The number of esters is 1. The minimum absolute atomic E-state index is 0.289. The van der Waals surface area contributed by atoms with Gasteiger partial charge in [-0.05, 0) is 18.4 Å². The Hall–Kier alpha value is -1.35. The smallest absolute Gasteiger partial charge is 0.335 e. The standard InChI is InChI=1S/C12H11ClO3/c1-16-11(15)12(13)7-6-8-4-2-3-5-9(8)10(12)14/h2-5H,6-7H2,1H3/t12-/m1/s1. The minimum Gasteiger partial charge on any atom is -0.467 e. The van der Waals surface area contributed by atoms with Gasteiger partial charge in [0.25, 0.3) is 0 Å². The van der Waals surface area contributed by atoms with Crippen molar-refractivity contribution in [3.63, 3.8) is 0 Å². The number of carbonyl (C=O) groups is 2. The largest absolute Gasteiger partial charge is 0.467 e. The highest BCUT2D eigenvalue weighted by Gasteiger charge is 2.48. The molecule has 0 spiro atoms. The van der Waals surface area contributed by atoms with Crippen LogP contribution in [0.1, 0.15) is 22.3 Å². The highest BCUT2D eigenvalue weighted by atomic mass is 35.5. The number of rotatable bonds is 1. The number of fused-ring (bicyclic) bond motifs is 1. The number of methoxy groups -OCH3 is 1. The van der Waals surface area contributed by atoms with E-state index < -0.39 is 10.8 Å². The third-order valence-corrected chi connectivity index (χ3v) is 3.38. The molecular formula is C12H11ClO3. The first-order valence-corrected chi connectivity index (χ1v) is 5.37.